The van der Waals surface area contributed by atoms with Crippen LogP contribution in [0.2, 0.25) is 0 Å². The number of benzene rings is 1. The lowest BCUT2D eigenvalue weighted by Crippen LogP contribution is -2.31. The van der Waals surface area contributed by atoms with Crippen LogP contribution < -0.4 is 16.2 Å². The van der Waals surface area contributed by atoms with E-state index in [1.165, 1.54) is 24.0 Å². The van der Waals surface area contributed by atoms with E-state index in [0.29, 0.717) is 10.5 Å². The molecule has 0 fully saturated rings. The Balaban J connectivity index is 1.64. The molecule has 0 radical (unpaired) electrons. The van der Waals surface area contributed by atoms with E-state index in [2.05, 4.69) is 30.6 Å². The van der Waals surface area contributed by atoms with Crippen LogP contribution in [-0.4, -0.2) is 42.0 Å². The highest BCUT2D eigenvalue weighted by atomic mass is 19.4. The van der Waals surface area contributed by atoms with Crippen LogP contribution >= 0.6 is 0 Å². The smallest absolute Gasteiger partial charge is 0.324 e. The minimum Gasteiger partial charge on any atom is -0.324 e. The second kappa shape index (κ2) is 8.70. The number of halogens is 3. The molecule has 0 spiro atoms. The third-order valence-corrected chi connectivity index (χ3v) is 5.88. The molecule has 12 heteroatoms. The van der Waals surface area contributed by atoms with Gasteiger partial charge in [0.2, 0.25) is 5.95 Å². The van der Waals surface area contributed by atoms with Gasteiger partial charge in [0.15, 0.2) is 11.5 Å². The Morgan fingerprint density at radius 1 is 1.08 bits per heavy atom. The van der Waals surface area contributed by atoms with E-state index < -0.39 is 23.7 Å². The van der Waals surface area contributed by atoms with E-state index in [-0.39, 0.29) is 22.8 Å². The van der Waals surface area contributed by atoms with Crippen molar-refractivity contribution in [1.82, 2.24) is 34.6 Å². The summed E-state index contributed by atoms with van der Waals surface area (Å²) in [7, 11) is 0. The molecular weight excluding hydrogens is 473 g/mol. The summed E-state index contributed by atoms with van der Waals surface area (Å²) >= 11 is 0. The zero-order valence-electron chi connectivity index (χ0n) is 20.0. The molecule has 3 aromatic heterocycles. The normalized spacial score (nSPS) is 14.2. The van der Waals surface area contributed by atoms with E-state index in [4.69, 9.17) is 0 Å². The van der Waals surface area contributed by atoms with E-state index >= 15 is 0 Å². The van der Waals surface area contributed by atoms with Gasteiger partial charge in [-0.1, -0.05) is 26.8 Å². The van der Waals surface area contributed by atoms with E-state index in [9.17, 15) is 18.0 Å². The third kappa shape index (κ3) is 4.68. The SMILES string of the molecule is CC(C)(C)c1nccc(-n2c3nc(Nc4ccc5c(c4)CNCC5)ncc3c(=O)n2CC(F)(F)F)n1. The van der Waals surface area contributed by atoms with Gasteiger partial charge in [0.05, 0.1) is 0 Å². The molecule has 0 amide bonds. The lowest BCUT2D eigenvalue weighted by Gasteiger charge is -2.19. The van der Waals surface area contributed by atoms with E-state index in [0.717, 1.165) is 35.4 Å². The molecule has 0 unspecified atom stereocenters. The summed E-state index contributed by atoms with van der Waals surface area (Å²) < 4.78 is 42.1. The summed E-state index contributed by atoms with van der Waals surface area (Å²) in [5.41, 5.74) is 1.84. The van der Waals surface area contributed by atoms with Gasteiger partial charge in [0.25, 0.3) is 5.56 Å². The first-order valence-electron chi connectivity index (χ1n) is 11.5. The summed E-state index contributed by atoms with van der Waals surface area (Å²) in [4.78, 5) is 30.4. The number of rotatable bonds is 4. The van der Waals surface area contributed by atoms with Crippen LogP contribution in [0.1, 0.15) is 37.7 Å². The highest BCUT2D eigenvalue weighted by Gasteiger charge is 2.32. The van der Waals surface area contributed by atoms with Crippen LogP contribution in [0, 0.1) is 0 Å². The van der Waals surface area contributed by atoms with Crippen molar-refractivity contribution in [2.45, 2.75) is 51.9 Å². The van der Waals surface area contributed by atoms with Gasteiger partial charge in [-0.3, -0.25) is 4.79 Å². The van der Waals surface area contributed by atoms with Crippen molar-refractivity contribution in [1.29, 1.82) is 0 Å². The van der Waals surface area contributed by atoms with Gasteiger partial charge in [0.1, 0.15) is 17.8 Å². The van der Waals surface area contributed by atoms with Gasteiger partial charge in [-0.2, -0.15) is 18.2 Å². The molecule has 0 aliphatic carbocycles. The first-order valence-corrected chi connectivity index (χ1v) is 11.5. The van der Waals surface area contributed by atoms with Crippen LogP contribution in [0.4, 0.5) is 24.8 Å². The Hall–Kier alpha value is -3.80. The molecule has 0 saturated heterocycles. The van der Waals surface area contributed by atoms with Crippen LogP contribution in [0.15, 0.2) is 41.5 Å². The molecule has 1 aromatic carbocycles. The molecule has 4 aromatic rings. The van der Waals surface area contributed by atoms with Crippen molar-refractivity contribution in [3.05, 3.63) is 64.0 Å². The summed E-state index contributed by atoms with van der Waals surface area (Å²) in [6, 6.07) is 7.37. The van der Waals surface area contributed by atoms with Crippen molar-refractivity contribution < 1.29 is 13.2 Å². The fraction of sp³-hybridized carbons (Fsp3) is 0.375. The quantitative estimate of drug-likeness (QED) is 0.443. The van der Waals surface area contributed by atoms with Crippen molar-refractivity contribution in [3.63, 3.8) is 0 Å². The van der Waals surface area contributed by atoms with Crippen LogP contribution in [0.25, 0.3) is 16.9 Å². The lowest BCUT2D eigenvalue weighted by atomic mass is 9.96. The maximum absolute atomic E-state index is 13.5. The van der Waals surface area contributed by atoms with Crippen LogP contribution in [0.3, 0.4) is 0 Å². The summed E-state index contributed by atoms with van der Waals surface area (Å²) in [6.45, 7) is 5.83. The Kier molecular flexibility index (Phi) is 5.78. The van der Waals surface area contributed by atoms with Gasteiger partial charge in [-0.25, -0.2) is 24.3 Å². The molecule has 9 nitrogen and oxygen atoms in total. The first-order chi connectivity index (χ1) is 17.0. The largest absolute Gasteiger partial charge is 0.408 e. The summed E-state index contributed by atoms with van der Waals surface area (Å²) in [5.74, 6) is 0.674. The van der Waals surface area contributed by atoms with Crippen molar-refractivity contribution >= 4 is 22.7 Å². The molecule has 1 aliphatic rings. The zero-order valence-corrected chi connectivity index (χ0v) is 20.0. The number of hydrogen-bond acceptors (Lipinski definition) is 7. The standard InChI is InChI=1S/C24H25F3N8O/c1-23(2,3)21-29-9-7-18(32-21)35-19-17(20(36)34(35)13-24(25,26)27)12-30-22(33-19)31-16-5-4-14-6-8-28-11-15(14)10-16/h4-5,7,9-10,12,28H,6,8,11,13H2,1-3H3,(H,30,31,33). The molecule has 0 atom stereocenters. The van der Waals surface area contributed by atoms with Gasteiger partial charge >= 0.3 is 6.18 Å². The molecule has 0 saturated carbocycles. The lowest BCUT2D eigenvalue weighted by molar-refractivity contribution is -0.144. The number of anilines is 2. The average Bonchev–Trinajstić information content (AvgIpc) is 3.08. The molecule has 36 heavy (non-hydrogen) atoms. The third-order valence-electron chi connectivity index (χ3n) is 5.88. The molecule has 5 rings (SSSR count). The van der Waals surface area contributed by atoms with Gasteiger partial charge in [-0.05, 0) is 36.2 Å². The predicted octanol–water partition coefficient (Wildman–Crippen LogP) is 3.62. The Morgan fingerprint density at radius 3 is 2.64 bits per heavy atom. The number of nitrogens with zero attached hydrogens (tertiary/aromatic N) is 6. The second-order valence-electron chi connectivity index (χ2n) is 9.74. The minimum absolute atomic E-state index is 0.0138. The van der Waals surface area contributed by atoms with Gasteiger partial charge in [0, 0.05) is 36.1 Å². The highest BCUT2D eigenvalue weighted by Crippen LogP contribution is 2.25. The predicted molar refractivity (Wildman–Crippen MR) is 129 cm³/mol. The number of aromatic nitrogens is 6. The van der Waals surface area contributed by atoms with E-state index in [1.54, 1.807) is 0 Å². The van der Waals surface area contributed by atoms with Crippen LogP contribution in [0.5, 0.6) is 0 Å². The van der Waals surface area contributed by atoms with Crippen molar-refractivity contribution in [2.75, 3.05) is 11.9 Å². The first kappa shape index (κ1) is 23.9. The molecule has 1 aliphatic heterocycles. The Bertz CT molecular complexity index is 1500. The second-order valence-corrected chi connectivity index (χ2v) is 9.74. The average molecular weight is 499 g/mol. The number of fused-ring (bicyclic) bond motifs is 2. The number of hydrogen-bond donors (Lipinski definition) is 2. The summed E-state index contributed by atoms with van der Waals surface area (Å²) in [6.07, 6.45) is -1.01. The zero-order chi connectivity index (χ0) is 25.7. The van der Waals surface area contributed by atoms with Gasteiger partial charge < -0.3 is 10.6 Å². The summed E-state index contributed by atoms with van der Waals surface area (Å²) in [5, 5.41) is 6.38. The molecule has 2 N–H and O–H groups in total. The maximum atomic E-state index is 13.5. The molecule has 4 heterocycles. The minimum atomic E-state index is -4.64. The van der Waals surface area contributed by atoms with Gasteiger partial charge in [-0.15, -0.1) is 0 Å². The Morgan fingerprint density at radius 2 is 1.89 bits per heavy atom. The monoisotopic (exact) mass is 498 g/mol. The highest BCUT2D eigenvalue weighted by molar-refractivity contribution is 5.77. The fourth-order valence-corrected chi connectivity index (χ4v) is 4.15. The fourth-order valence-electron chi connectivity index (χ4n) is 4.15. The molecular formula is C24H25F3N8O. The Labute approximate surface area is 204 Å². The van der Waals surface area contributed by atoms with Crippen LogP contribution in [-0.2, 0) is 24.9 Å². The van der Waals surface area contributed by atoms with Crippen molar-refractivity contribution in [3.8, 4) is 5.82 Å². The number of alkyl halides is 3. The van der Waals surface area contributed by atoms with E-state index in [1.807, 2.05) is 39.0 Å². The molecule has 0 bridgehead atoms. The maximum Gasteiger partial charge on any atom is 0.408 e. The van der Waals surface area contributed by atoms with Crippen molar-refractivity contribution in [2.24, 2.45) is 0 Å². The topological polar surface area (TPSA) is 103 Å². The molecule has 188 valence electrons. The number of nitrogens with one attached hydrogen (secondary N) is 2.